The number of carbonyl (C=O) groups excluding carboxylic acids is 1. The molecule has 0 unspecified atom stereocenters. The molecule has 0 aromatic heterocycles. The first kappa shape index (κ1) is 18.2. The lowest BCUT2D eigenvalue weighted by Gasteiger charge is -2.08. The average Bonchev–Trinajstić information content (AvgIpc) is 2.61. The van der Waals surface area contributed by atoms with Crippen molar-refractivity contribution in [2.75, 3.05) is 14.2 Å². The van der Waals surface area contributed by atoms with Crippen molar-refractivity contribution in [1.29, 1.82) is 0 Å². The van der Waals surface area contributed by atoms with E-state index in [0.29, 0.717) is 5.75 Å². The van der Waals surface area contributed by atoms with Gasteiger partial charge in [-0.2, -0.15) is 5.10 Å². The van der Waals surface area contributed by atoms with Crippen LogP contribution in [0.4, 0.5) is 5.69 Å². The van der Waals surface area contributed by atoms with Crippen molar-refractivity contribution >= 4 is 29.4 Å². The Bertz CT molecular complexity index is 839. The number of nitro groups is 1. The second-order valence-corrected chi connectivity index (χ2v) is 5.11. The van der Waals surface area contributed by atoms with Crippen LogP contribution in [0, 0.1) is 10.1 Å². The molecule has 0 atom stereocenters. The van der Waals surface area contributed by atoms with Gasteiger partial charge in [-0.3, -0.25) is 14.9 Å². The second kappa shape index (κ2) is 8.11. The molecular weight excluding hydrogens is 350 g/mol. The van der Waals surface area contributed by atoms with Gasteiger partial charge in [0.2, 0.25) is 0 Å². The van der Waals surface area contributed by atoms with Crippen LogP contribution in [0.25, 0.3) is 0 Å². The van der Waals surface area contributed by atoms with E-state index in [2.05, 4.69) is 10.5 Å². The van der Waals surface area contributed by atoms with Crippen molar-refractivity contribution in [3.05, 3.63) is 62.7 Å². The van der Waals surface area contributed by atoms with Crippen molar-refractivity contribution in [3.63, 3.8) is 0 Å². The molecule has 1 N–H and O–H groups in total. The van der Waals surface area contributed by atoms with E-state index >= 15 is 0 Å². The highest BCUT2D eigenvalue weighted by Crippen LogP contribution is 2.33. The Morgan fingerprint density at radius 2 is 1.88 bits per heavy atom. The summed E-state index contributed by atoms with van der Waals surface area (Å²) in [4.78, 5) is 22.6. The van der Waals surface area contributed by atoms with Gasteiger partial charge < -0.3 is 9.47 Å². The SMILES string of the molecule is COc1cc(C=NNC(=O)c2ccccc2Cl)c([N+](=O)[O-])cc1OC. The molecule has 2 rings (SSSR count). The average molecular weight is 364 g/mol. The molecular formula is C16H14ClN3O5. The summed E-state index contributed by atoms with van der Waals surface area (Å²) < 4.78 is 10.1. The van der Waals surface area contributed by atoms with Gasteiger partial charge in [-0.15, -0.1) is 0 Å². The van der Waals surface area contributed by atoms with Crippen molar-refractivity contribution in [3.8, 4) is 11.5 Å². The lowest BCUT2D eigenvalue weighted by molar-refractivity contribution is -0.385. The monoisotopic (exact) mass is 363 g/mol. The molecule has 0 heterocycles. The van der Waals surface area contributed by atoms with Crippen LogP contribution in [0.1, 0.15) is 15.9 Å². The molecule has 0 aliphatic heterocycles. The molecule has 0 aliphatic carbocycles. The van der Waals surface area contributed by atoms with Crippen molar-refractivity contribution in [2.24, 2.45) is 5.10 Å². The van der Waals surface area contributed by atoms with Crippen LogP contribution in [0.3, 0.4) is 0 Å². The molecule has 9 heteroatoms. The molecule has 0 saturated heterocycles. The molecule has 8 nitrogen and oxygen atoms in total. The zero-order valence-corrected chi connectivity index (χ0v) is 14.1. The van der Waals surface area contributed by atoms with Crippen LogP contribution in [0.2, 0.25) is 5.02 Å². The maximum absolute atomic E-state index is 12.0. The van der Waals surface area contributed by atoms with Crippen LogP contribution >= 0.6 is 11.6 Å². The zero-order chi connectivity index (χ0) is 18.4. The van der Waals surface area contributed by atoms with E-state index in [0.717, 1.165) is 6.21 Å². The normalized spacial score (nSPS) is 10.5. The van der Waals surface area contributed by atoms with E-state index < -0.39 is 10.8 Å². The van der Waals surface area contributed by atoms with Crippen molar-refractivity contribution < 1.29 is 19.2 Å². The number of ether oxygens (including phenoxy) is 2. The maximum atomic E-state index is 12.0. The molecule has 0 spiro atoms. The molecule has 2 aromatic rings. The number of hydrazone groups is 1. The first-order valence-corrected chi connectivity index (χ1v) is 7.34. The van der Waals surface area contributed by atoms with E-state index in [1.165, 1.54) is 32.4 Å². The van der Waals surface area contributed by atoms with Gasteiger partial charge in [-0.1, -0.05) is 23.7 Å². The number of amides is 1. The second-order valence-electron chi connectivity index (χ2n) is 4.70. The number of methoxy groups -OCH3 is 2. The van der Waals surface area contributed by atoms with Gasteiger partial charge in [0, 0.05) is 0 Å². The van der Waals surface area contributed by atoms with Gasteiger partial charge in [0.25, 0.3) is 11.6 Å². The number of nitrogens with one attached hydrogen (secondary N) is 1. The van der Waals surface area contributed by atoms with E-state index in [-0.39, 0.29) is 27.6 Å². The number of hydrogen-bond donors (Lipinski definition) is 1. The van der Waals surface area contributed by atoms with Crippen LogP contribution in [0.5, 0.6) is 11.5 Å². The van der Waals surface area contributed by atoms with Crippen LogP contribution < -0.4 is 14.9 Å². The van der Waals surface area contributed by atoms with E-state index in [1.54, 1.807) is 18.2 Å². The molecule has 2 aromatic carbocycles. The third-order valence-corrected chi connectivity index (χ3v) is 3.55. The molecule has 25 heavy (non-hydrogen) atoms. The fourth-order valence-electron chi connectivity index (χ4n) is 2.01. The predicted octanol–water partition coefficient (Wildman–Crippen LogP) is 3.03. The first-order valence-electron chi connectivity index (χ1n) is 6.96. The number of carbonyl (C=O) groups is 1. The Labute approximate surface area is 148 Å². The Kier molecular flexibility index (Phi) is 5.91. The lowest BCUT2D eigenvalue weighted by Crippen LogP contribution is -2.18. The summed E-state index contributed by atoms with van der Waals surface area (Å²) >= 11 is 5.92. The number of nitro benzene ring substituents is 1. The quantitative estimate of drug-likeness (QED) is 0.482. The first-order chi connectivity index (χ1) is 12.0. The topological polar surface area (TPSA) is 103 Å². The summed E-state index contributed by atoms with van der Waals surface area (Å²) in [7, 11) is 2.78. The lowest BCUT2D eigenvalue weighted by atomic mass is 10.1. The maximum Gasteiger partial charge on any atom is 0.282 e. The highest BCUT2D eigenvalue weighted by molar-refractivity contribution is 6.33. The van der Waals surface area contributed by atoms with Crippen LogP contribution in [0.15, 0.2) is 41.5 Å². The van der Waals surface area contributed by atoms with Gasteiger partial charge in [0.05, 0.1) is 47.6 Å². The van der Waals surface area contributed by atoms with Crippen LogP contribution in [-0.4, -0.2) is 31.3 Å². The highest BCUT2D eigenvalue weighted by Gasteiger charge is 2.18. The fourth-order valence-corrected chi connectivity index (χ4v) is 2.23. The van der Waals surface area contributed by atoms with Crippen molar-refractivity contribution in [2.45, 2.75) is 0 Å². The summed E-state index contributed by atoms with van der Waals surface area (Å²) in [6, 6.07) is 9.06. The molecule has 0 fully saturated rings. The minimum Gasteiger partial charge on any atom is -0.493 e. The fraction of sp³-hybridized carbons (Fsp3) is 0.125. The number of halogens is 1. The highest BCUT2D eigenvalue weighted by atomic mass is 35.5. The summed E-state index contributed by atoms with van der Waals surface area (Å²) in [5.74, 6) is -0.0246. The third-order valence-electron chi connectivity index (χ3n) is 3.22. The summed E-state index contributed by atoms with van der Waals surface area (Å²) in [6.07, 6.45) is 1.15. The molecule has 130 valence electrons. The largest absolute Gasteiger partial charge is 0.493 e. The molecule has 0 bridgehead atoms. The van der Waals surface area contributed by atoms with Crippen molar-refractivity contribution in [1.82, 2.24) is 5.43 Å². The predicted molar refractivity (Wildman–Crippen MR) is 92.7 cm³/mol. The zero-order valence-electron chi connectivity index (χ0n) is 13.4. The van der Waals surface area contributed by atoms with E-state index in [4.69, 9.17) is 21.1 Å². The molecule has 0 saturated carbocycles. The number of rotatable bonds is 6. The Morgan fingerprint density at radius 1 is 1.24 bits per heavy atom. The number of benzene rings is 2. The van der Waals surface area contributed by atoms with Gasteiger partial charge in [-0.05, 0) is 18.2 Å². The molecule has 1 amide bonds. The third kappa shape index (κ3) is 4.24. The van der Waals surface area contributed by atoms with Gasteiger partial charge in [0.15, 0.2) is 11.5 Å². The Hall–Kier alpha value is -3.13. The van der Waals surface area contributed by atoms with E-state index in [9.17, 15) is 14.9 Å². The Balaban J connectivity index is 2.26. The number of hydrogen-bond acceptors (Lipinski definition) is 6. The molecule has 0 aliphatic rings. The van der Waals surface area contributed by atoms with Crippen LogP contribution in [-0.2, 0) is 0 Å². The standard InChI is InChI=1S/C16H14ClN3O5/c1-24-14-7-10(13(20(22)23)8-15(14)25-2)9-18-19-16(21)11-5-3-4-6-12(11)17/h3-9H,1-2H3,(H,19,21). The minimum absolute atomic E-state index is 0.141. The minimum atomic E-state index is -0.584. The van der Waals surface area contributed by atoms with Gasteiger partial charge >= 0.3 is 0 Å². The van der Waals surface area contributed by atoms with Gasteiger partial charge in [-0.25, -0.2) is 5.43 Å². The number of nitrogens with zero attached hydrogens (tertiary/aromatic N) is 2. The summed E-state index contributed by atoms with van der Waals surface area (Å²) in [5.41, 5.74) is 2.41. The van der Waals surface area contributed by atoms with E-state index in [1.807, 2.05) is 0 Å². The smallest absolute Gasteiger partial charge is 0.282 e. The molecule has 0 radical (unpaired) electrons. The van der Waals surface area contributed by atoms with Gasteiger partial charge in [0.1, 0.15) is 0 Å². The summed E-state index contributed by atoms with van der Waals surface area (Å²) in [5, 5.41) is 15.2. The summed E-state index contributed by atoms with van der Waals surface area (Å²) in [6.45, 7) is 0. The Morgan fingerprint density at radius 3 is 2.48 bits per heavy atom.